The molecule has 0 aliphatic heterocycles. The zero-order chi connectivity index (χ0) is 12.9. The molecule has 0 unspecified atom stereocenters. The number of hydrogen-bond donors (Lipinski definition) is 0. The van der Waals surface area contributed by atoms with Gasteiger partial charge in [-0.05, 0) is 31.5 Å². The highest BCUT2D eigenvalue weighted by atomic mass is 15.1. The molecule has 0 aliphatic carbocycles. The van der Waals surface area contributed by atoms with E-state index in [1.807, 2.05) is 39.0 Å². The molecule has 4 nitrogen and oxygen atoms in total. The molecule has 2 aromatic heterocycles. The molecule has 4 heteroatoms. The van der Waals surface area contributed by atoms with E-state index >= 15 is 0 Å². The van der Waals surface area contributed by atoms with Crippen LogP contribution in [0.4, 0.5) is 0 Å². The maximum absolute atomic E-state index is 3.99. The Hall–Kier alpha value is -1.84. The van der Waals surface area contributed by atoms with Crippen molar-refractivity contribution in [3.8, 4) is 0 Å². The molecular formula is C13H20N4. The van der Waals surface area contributed by atoms with Gasteiger partial charge in [-0.15, -0.1) is 0 Å². The van der Waals surface area contributed by atoms with Gasteiger partial charge in [0.1, 0.15) is 6.33 Å². The zero-order valence-corrected chi connectivity index (χ0v) is 11.0. The summed E-state index contributed by atoms with van der Waals surface area (Å²) >= 11 is 0. The highest BCUT2D eigenvalue weighted by molar-refractivity contribution is 4.96. The lowest BCUT2D eigenvalue weighted by molar-refractivity contribution is 0.980. The Morgan fingerprint density at radius 1 is 1.12 bits per heavy atom. The van der Waals surface area contributed by atoms with Gasteiger partial charge in [-0.25, -0.2) is 9.97 Å². The molecule has 0 atom stereocenters. The normalized spacial score (nSPS) is 8.24. The lowest BCUT2D eigenvalue weighted by Crippen LogP contribution is -1.84. The fraction of sp³-hybridized carbons (Fsp3) is 0.385. The van der Waals surface area contributed by atoms with Gasteiger partial charge in [0.2, 0.25) is 0 Å². The molecular weight excluding hydrogens is 212 g/mol. The molecule has 0 radical (unpaired) electrons. The van der Waals surface area contributed by atoms with E-state index in [4.69, 9.17) is 0 Å². The molecule has 2 heterocycles. The molecule has 0 spiro atoms. The molecule has 0 aromatic carbocycles. The number of hydrogen-bond acceptors (Lipinski definition) is 4. The first kappa shape index (κ1) is 15.2. The van der Waals surface area contributed by atoms with Crippen molar-refractivity contribution in [3.63, 3.8) is 0 Å². The Balaban J connectivity index is 0.000000265. The van der Waals surface area contributed by atoms with Crippen LogP contribution in [0.3, 0.4) is 0 Å². The molecule has 17 heavy (non-hydrogen) atoms. The predicted molar refractivity (Wildman–Crippen MR) is 69.5 cm³/mol. The van der Waals surface area contributed by atoms with Gasteiger partial charge < -0.3 is 0 Å². The summed E-state index contributed by atoms with van der Waals surface area (Å²) in [7, 11) is 0. The second kappa shape index (κ2) is 10.7. The summed E-state index contributed by atoms with van der Waals surface area (Å²) in [6.07, 6.45) is 5.97. The third-order valence-electron chi connectivity index (χ3n) is 1.71. The summed E-state index contributed by atoms with van der Waals surface area (Å²) in [5.74, 6) is 0. The number of nitrogens with zero attached hydrogens (tertiary/aromatic N) is 4. The molecule has 2 rings (SSSR count). The average molecular weight is 232 g/mol. The lowest BCUT2D eigenvalue weighted by Gasteiger charge is -1.88. The van der Waals surface area contributed by atoms with E-state index in [9.17, 15) is 0 Å². The van der Waals surface area contributed by atoms with Gasteiger partial charge in [-0.1, -0.05) is 20.8 Å². The van der Waals surface area contributed by atoms with Gasteiger partial charge in [0, 0.05) is 18.1 Å². The second-order valence-electron chi connectivity index (χ2n) is 2.92. The zero-order valence-electron chi connectivity index (χ0n) is 11.0. The van der Waals surface area contributed by atoms with E-state index in [1.54, 1.807) is 18.7 Å². The minimum absolute atomic E-state index is 0.961. The van der Waals surface area contributed by atoms with Crippen LogP contribution in [-0.4, -0.2) is 20.2 Å². The summed E-state index contributed by atoms with van der Waals surface area (Å²) in [6.45, 7) is 7.98. The van der Waals surface area contributed by atoms with Crippen molar-refractivity contribution in [2.75, 3.05) is 0 Å². The van der Waals surface area contributed by atoms with Crippen LogP contribution in [0.15, 0.2) is 36.9 Å². The average Bonchev–Trinajstić information content (AvgIpc) is 2.43. The smallest absolute Gasteiger partial charge is 0.115 e. The van der Waals surface area contributed by atoms with Gasteiger partial charge in [0.25, 0.3) is 0 Å². The molecule has 0 saturated carbocycles. The van der Waals surface area contributed by atoms with E-state index in [-0.39, 0.29) is 0 Å². The third kappa shape index (κ3) is 8.02. The quantitative estimate of drug-likeness (QED) is 0.758. The molecule has 0 aliphatic rings. The van der Waals surface area contributed by atoms with Gasteiger partial charge in [-0.2, -0.15) is 10.2 Å². The Morgan fingerprint density at radius 3 is 2.18 bits per heavy atom. The van der Waals surface area contributed by atoms with E-state index < -0.39 is 0 Å². The predicted octanol–water partition coefficient (Wildman–Crippen LogP) is 2.85. The Bertz CT molecular complexity index is 362. The van der Waals surface area contributed by atoms with Crippen molar-refractivity contribution in [1.82, 2.24) is 20.2 Å². The molecule has 0 saturated heterocycles. The van der Waals surface area contributed by atoms with Crippen LogP contribution in [-0.2, 0) is 6.42 Å². The highest BCUT2D eigenvalue weighted by Crippen LogP contribution is 1.88. The van der Waals surface area contributed by atoms with Crippen LogP contribution < -0.4 is 0 Å². The van der Waals surface area contributed by atoms with Crippen LogP contribution in [0.2, 0.25) is 0 Å². The fourth-order valence-corrected chi connectivity index (χ4v) is 0.906. The lowest BCUT2D eigenvalue weighted by atomic mass is 10.3. The SMILES string of the molecule is CC.CCc1ccncn1.Cc1cccnn1. The molecule has 0 fully saturated rings. The molecule has 0 bridgehead atoms. The maximum atomic E-state index is 3.99. The molecule has 92 valence electrons. The Labute approximate surface area is 103 Å². The van der Waals surface area contributed by atoms with Crippen LogP contribution in [0.25, 0.3) is 0 Å². The van der Waals surface area contributed by atoms with E-state index in [0.717, 1.165) is 17.8 Å². The number of aryl methyl sites for hydroxylation is 2. The van der Waals surface area contributed by atoms with Crippen molar-refractivity contribution < 1.29 is 0 Å². The third-order valence-corrected chi connectivity index (χ3v) is 1.71. The van der Waals surface area contributed by atoms with Crippen molar-refractivity contribution in [1.29, 1.82) is 0 Å². The molecule has 2 aromatic rings. The summed E-state index contributed by atoms with van der Waals surface area (Å²) in [5.41, 5.74) is 2.06. The largest absolute Gasteiger partial charge is 0.245 e. The highest BCUT2D eigenvalue weighted by Gasteiger charge is 1.82. The first-order valence-electron chi connectivity index (χ1n) is 5.82. The van der Waals surface area contributed by atoms with Crippen molar-refractivity contribution in [2.45, 2.75) is 34.1 Å². The van der Waals surface area contributed by atoms with Crippen molar-refractivity contribution >= 4 is 0 Å². The van der Waals surface area contributed by atoms with Crippen LogP contribution in [0.1, 0.15) is 32.2 Å². The van der Waals surface area contributed by atoms with E-state index in [0.29, 0.717) is 0 Å². The Morgan fingerprint density at radius 2 is 1.88 bits per heavy atom. The van der Waals surface area contributed by atoms with Gasteiger partial charge >= 0.3 is 0 Å². The monoisotopic (exact) mass is 232 g/mol. The minimum atomic E-state index is 0.961. The van der Waals surface area contributed by atoms with E-state index in [2.05, 4.69) is 27.1 Å². The minimum Gasteiger partial charge on any atom is -0.245 e. The second-order valence-corrected chi connectivity index (χ2v) is 2.92. The molecule has 0 amide bonds. The summed E-state index contributed by atoms with van der Waals surface area (Å²) in [6, 6.07) is 5.69. The van der Waals surface area contributed by atoms with Crippen LogP contribution >= 0.6 is 0 Å². The summed E-state index contributed by atoms with van der Waals surface area (Å²) in [5, 5.41) is 7.36. The van der Waals surface area contributed by atoms with Gasteiger partial charge in [0.15, 0.2) is 0 Å². The van der Waals surface area contributed by atoms with Crippen LogP contribution in [0.5, 0.6) is 0 Å². The maximum Gasteiger partial charge on any atom is 0.115 e. The van der Waals surface area contributed by atoms with E-state index in [1.165, 1.54) is 0 Å². The van der Waals surface area contributed by atoms with Gasteiger partial charge in [0.05, 0.1) is 5.69 Å². The first-order valence-corrected chi connectivity index (χ1v) is 5.82. The van der Waals surface area contributed by atoms with Gasteiger partial charge in [-0.3, -0.25) is 0 Å². The topological polar surface area (TPSA) is 51.6 Å². The summed E-state index contributed by atoms with van der Waals surface area (Å²) < 4.78 is 0. The number of rotatable bonds is 1. The molecule has 0 N–H and O–H groups in total. The fourth-order valence-electron chi connectivity index (χ4n) is 0.906. The van der Waals surface area contributed by atoms with Crippen molar-refractivity contribution in [2.24, 2.45) is 0 Å². The van der Waals surface area contributed by atoms with Crippen molar-refractivity contribution in [3.05, 3.63) is 48.3 Å². The number of aromatic nitrogens is 4. The standard InChI is InChI=1S/C6H8N2.C5H6N2.C2H6/c1-2-6-3-4-7-5-8-6;1-5-3-2-4-6-7-5;1-2/h3-5H,2H2,1H3;2-4H,1H3;1-2H3. The van der Waals surface area contributed by atoms with Crippen LogP contribution in [0, 0.1) is 6.92 Å². The Kier molecular flexibility index (Phi) is 9.52. The first-order chi connectivity index (χ1) is 8.33. The summed E-state index contributed by atoms with van der Waals surface area (Å²) in [4.78, 5) is 7.77.